The number of carbonyl (C=O) groups excluding carboxylic acids is 1. The number of nitrogens with one attached hydrogen (secondary N) is 1. The standard InChI is InChI=1S/C20H23N3O/c1-2-19-7-5-15-23(19)20(24)22-18-12-9-16(10-13-18)8-11-17-6-3-4-14-21-17/h3-4,6,8-14,19H,2,5,7,15H2,1H3,(H,22,24)/b11-8+/t19-/m1/s1. The van der Waals surface area contributed by atoms with Crippen molar-refractivity contribution >= 4 is 23.9 Å². The van der Waals surface area contributed by atoms with Crippen LogP contribution in [-0.2, 0) is 0 Å². The first-order valence-electron chi connectivity index (χ1n) is 8.53. The number of nitrogens with zero attached hydrogens (tertiary/aromatic N) is 2. The lowest BCUT2D eigenvalue weighted by atomic mass is 10.1. The van der Waals surface area contributed by atoms with E-state index in [1.165, 1.54) is 0 Å². The Morgan fingerprint density at radius 3 is 2.79 bits per heavy atom. The van der Waals surface area contributed by atoms with Crippen molar-refractivity contribution in [1.29, 1.82) is 0 Å². The Hall–Kier alpha value is -2.62. The number of aromatic nitrogens is 1. The van der Waals surface area contributed by atoms with Gasteiger partial charge in [-0.2, -0.15) is 0 Å². The molecular weight excluding hydrogens is 298 g/mol. The summed E-state index contributed by atoms with van der Waals surface area (Å²) in [4.78, 5) is 18.6. The van der Waals surface area contributed by atoms with Gasteiger partial charge in [0.25, 0.3) is 0 Å². The molecule has 0 aliphatic carbocycles. The summed E-state index contributed by atoms with van der Waals surface area (Å²) < 4.78 is 0. The first kappa shape index (κ1) is 16.2. The molecule has 0 radical (unpaired) electrons. The number of carbonyl (C=O) groups is 1. The molecule has 1 saturated heterocycles. The Labute approximate surface area is 143 Å². The fraction of sp³-hybridized carbons (Fsp3) is 0.300. The van der Waals surface area contributed by atoms with Gasteiger partial charge in [0.2, 0.25) is 0 Å². The summed E-state index contributed by atoms with van der Waals surface area (Å²) in [7, 11) is 0. The average Bonchev–Trinajstić information content (AvgIpc) is 3.11. The summed E-state index contributed by atoms with van der Waals surface area (Å²) in [5.41, 5.74) is 2.83. The van der Waals surface area contributed by atoms with Crippen LogP contribution >= 0.6 is 0 Å². The van der Waals surface area contributed by atoms with Crippen LogP contribution in [0.1, 0.15) is 37.4 Å². The molecule has 1 aliphatic heterocycles. The van der Waals surface area contributed by atoms with E-state index in [-0.39, 0.29) is 6.03 Å². The molecule has 0 saturated carbocycles. The van der Waals surface area contributed by atoms with Gasteiger partial charge in [0.05, 0.1) is 5.69 Å². The molecule has 1 fully saturated rings. The summed E-state index contributed by atoms with van der Waals surface area (Å²) in [5, 5.41) is 3.00. The van der Waals surface area contributed by atoms with Crippen LogP contribution in [0.5, 0.6) is 0 Å². The Morgan fingerprint density at radius 1 is 1.25 bits per heavy atom. The molecule has 1 N–H and O–H groups in total. The molecule has 0 spiro atoms. The number of pyridine rings is 1. The highest BCUT2D eigenvalue weighted by Crippen LogP contribution is 2.21. The number of anilines is 1. The highest BCUT2D eigenvalue weighted by molar-refractivity contribution is 5.90. The number of rotatable bonds is 4. The molecule has 0 unspecified atom stereocenters. The molecule has 2 heterocycles. The molecule has 3 rings (SSSR count). The van der Waals surface area contributed by atoms with Crippen molar-refractivity contribution in [1.82, 2.24) is 9.88 Å². The third-order valence-electron chi connectivity index (χ3n) is 4.41. The van der Waals surface area contributed by atoms with Gasteiger partial charge in [-0.1, -0.05) is 31.2 Å². The predicted octanol–water partition coefficient (Wildman–Crippen LogP) is 4.66. The van der Waals surface area contributed by atoms with Gasteiger partial charge in [0, 0.05) is 24.5 Å². The van der Waals surface area contributed by atoms with E-state index in [4.69, 9.17) is 0 Å². The van der Waals surface area contributed by atoms with Gasteiger partial charge in [0.1, 0.15) is 0 Å². The lowest BCUT2D eigenvalue weighted by Crippen LogP contribution is -2.38. The maximum Gasteiger partial charge on any atom is 0.322 e. The van der Waals surface area contributed by atoms with Crippen LogP contribution in [0.25, 0.3) is 12.2 Å². The molecular formula is C20H23N3O. The van der Waals surface area contributed by atoms with Crippen LogP contribution in [0, 0.1) is 0 Å². The SMILES string of the molecule is CC[C@@H]1CCCN1C(=O)Nc1ccc(/C=C/c2ccccn2)cc1. The summed E-state index contributed by atoms with van der Waals surface area (Å²) in [5.74, 6) is 0. The number of amides is 2. The van der Waals surface area contributed by atoms with Gasteiger partial charge in [0.15, 0.2) is 0 Å². The van der Waals surface area contributed by atoms with Crippen LogP contribution in [0.3, 0.4) is 0 Å². The third-order valence-corrected chi connectivity index (χ3v) is 4.41. The van der Waals surface area contributed by atoms with Gasteiger partial charge in [-0.3, -0.25) is 4.98 Å². The van der Waals surface area contributed by atoms with Crippen molar-refractivity contribution in [2.75, 3.05) is 11.9 Å². The molecule has 1 aromatic carbocycles. The van der Waals surface area contributed by atoms with E-state index < -0.39 is 0 Å². The normalized spacial score (nSPS) is 17.4. The Bertz CT molecular complexity index is 695. The fourth-order valence-electron chi connectivity index (χ4n) is 3.06. The monoisotopic (exact) mass is 321 g/mol. The fourth-order valence-corrected chi connectivity index (χ4v) is 3.06. The van der Waals surface area contributed by atoms with Gasteiger partial charge in [-0.15, -0.1) is 0 Å². The van der Waals surface area contributed by atoms with Crippen molar-refractivity contribution < 1.29 is 4.79 Å². The maximum atomic E-state index is 12.4. The summed E-state index contributed by atoms with van der Waals surface area (Å²) >= 11 is 0. The summed E-state index contributed by atoms with van der Waals surface area (Å²) in [6, 6.07) is 14.1. The van der Waals surface area contributed by atoms with E-state index in [2.05, 4.69) is 17.2 Å². The predicted molar refractivity (Wildman–Crippen MR) is 98.6 cm³/mol. The zero-order chi connectivity index (χ0) is 16.8. The van der Waals surface area contributed by atoms with Crippen LogP contribution in [-0.4, -0.2) is 28.5 Å². The quantitative estimate of drug-likeness (QED) is 0.890. The van der Waals surface area contributed by atoms with Crippen molar-refractivity contribution in [2.45, 2.75) is 32.2 Å². The smallest absolute Gasteiger partial charge is 0.322 e. The lowest BCUT2D eigenvalue weighted by molar-refractivity contribution is 0.205. The summed E-state index contributed by atoms with van der Waals surface area (Å²) in [6.07, 6.45) is 9.00. The van der Waals surface area contributed by atoms with Crippen LogP contribution in [0.2, 0.25) is 0 Å². The molecule has 2 amide bonds. The highest BCUT2D eigenvalue weighted by atomic mass is 16.2. The molecule has 0 bridgehead atoms. The third kappa shape index (κ3) is 4.02. The number of benzene rings is 1. The van der Waals surface area contributed by atoms with E-state index in [0.29, 0.717) is 6.04 Å². The zero-order valence-electron chi connectivity index (χ0n) is 14.0. The molecule has 1 aromatic heterocycles. The molecule has 1 atom stereocenters. The first-order chi connectivity index (χ1) is 11.8. The van der Waals surface area contributed by atoms with Crippen molar-refractivity contribution in [3.8, 4) is 0 Å². The van der Waals surface area contributed by atoms with Gasteiger partial charge in [-0.05, 0) is 55.2 Å². The molecule has 24 heavy (non-hydrogen) atoms. The van der Waals surface area contributed by atoms with Gasteiger partial charge < -0.3 is 10.2 Å². The zero-order valence-corrected chi connectivity index (χ0v) is 14.0. The molecule has 2 aromatic rings. The lowest BCUT2D eigenvalue weighted by Gasteiger charge is -2.23. The minimum absolute atomic E-state index is 0.0103. The van der Waals surface area contributed by atoms with Crippen molar-refractivity contribution in [2.24, 2.45) is 0 Å². The van der Waals surface area contributed by atoms with Gasteiger partial charge in [-0.25, -0.2) is 4.79 Å². The second kappa shape index (κ2) is 7.77. The first-order valence-corrected chi connectivity index (χ1v) is 8.53. The highest BCUT2D eigenvalue weighted by Gasteiger charge is 2.27. The minimum atomic E-state index is 0.0103. The summed E-state index contributed by atoms with van der Waals surface area (Å²) in [6.45, 7) is 2.99. The topological polar surface area (TPSA) is 45.2 Å². The number of hydrogen-bond donors (Lipinski definition) is 1. The van der Waals surface area contributed by atoms with Crippen LogP contribution < -0.4 is 5.32 Å². The maximum absolute atomic E-state index is 12.4. The largest absolute Gasteiger partial charge is 0.322 e. The molecule has 4 nitrogen and oxygen atoms in total. The van der Waals surface area contributed by atoms with E-state index in [0.717, 1.165) is 42.8 Å². The van der Waals surface area contributed by atoms with E-state index >= 15 is 0 Å². The van der Waals surface area contributed by atoms with E-state index in [1.807, 2.05) is 59.5 Å². The molecule has 4 heteroatoms. The van der Waals surface area contributed by atoms with Crippen LogP contribution in [0.4, 0.5) is 10.5 Å². The van der Waals surface area contributed by atoms with E-state index in [9.17, 15) is 4.79 Å². The number of hydrogen-bond acceptors (Lipinski definition) is 2. The molecule has 1 aliphatic rings. The second-order valence-corrected chi connectivity index (χ2v) is 6.04. The minimum Gasteiger partial charge on any atom is -0.322 e. The molecule has 124 valence electrons. The number of urea groups is 1. The van der Waals surface area contributed by atoms with Gasteiger partial charge >= 0.3 is 6.03 Å². The van der Waals surface area contributed by atoms with Crippen molar-refractivity contribution in [3.63, 3.8) is 0 Å². The Balaban J connectivity index is 1.60. The Kier molecular flexibility index (Phi) is 5.26. The van der Waals surface area contributed by atoms with Crippen LogP contribution in [0.15, 0.2) is 48.7 Å². The number of likely N-dealkylation sites (tertiary alicyclic amines) is 1. The van der Waals surface area contributed by atoms with Crippen molar-refractivity contribution in [3.05, 3.63) is 59.9 Å². The average molecular weight is 321 g/mol. The second-order valence-electron chi connectivity index (χ2n) is 6.04. The Morgan fingerprint density at radius 2 is 2.08 bits per heavy atom. The van der Waals surface area contributed by atoms with E-state index in [1.54, 1.807) is 6.20 Å².